The molecule has 0 aliphatic heterocycles. The van der Waals surface area contributed by atoms with Gasteiger partial charge in [0.15, 0.2) is 0 Å². The van der Waals surface area contributed by atoms with Gasteiger partial charge in [0.25, 0.3) is 0 Å². The molecule has 1 unspecified atom stereocenters. The van der Waals surface area contributed by atoms with Crippen LogP contribution in [0.2, 0.25) is 0 Å². The third kappa shape index (κ3) is 3.70. The Bertz CT molecular complexity index is 339. The number of halogens is 1. The number of aromatic nitrogens is 2. The Kier molecular flexibility index (Phi) is 4.29. The van der Waals surface area contributed by atoms with Gasteiger partial charge in [0.1, 0.15) is 6.04 Å². The smallest absolute Gasteiger partial charge is 0.326 e. The van der Waals surface area contributed by atoms with E-state index < -0.39 is 12.0 Å². The minimum Gasteiger partial charge on any atom is -0.480 e. The number of imidazole rings is 1. The molecule has 1 heterocycles. The number of alkyl halides is 1. The molecule has 1 rings (SSSR count). The maximum absolute atomic E-state index is 11.0. The number of carboxylic acids is 1. The minimum atomic E-state index is -1.08. The average molecular weight is 276 g/mol. The summed E-state index contributed by atoms with van der Waals surface area (Å²) in [6.45, 7) is 0. The fourth-order valence-corrected chi connectivity index (χ4v) is 1.21. The van der Waals surface area contributed by atoms with Crippen LogP contribution in [0.5, 0.6) is 0 Å². The second-order valence-corrected chi connectivity index (χ2v) is 3.42. The maximum Gasteiger partial charge on any atom is 0.326 e. The Morgan fingerprint density at radius 3 is 2.87 bits per heavy atom. The van der Waals surface area contributed by atoms with Crippen molar-refractivity contribution >= 4 is 27.8 Å². The molecule has 1 aromatic rings. The summed E-state index contributed by atoms with van der Waals surface area (Å²) in [6.07, 6.45) is 3.22. The van der Waals surface area contributed by atoms with Gasteiger partial charge >= 0.3 is 5.97 Å². The Hall–Kier alpha value is -1.37. The van der Waals surface area contributed by atoms with E-state index in [-0.39, 0.29) is 17.7 Å². The van der Waals surface area contributed by atoms with Gasteiger partial charge in [-0.1, -0.05) is 15.9 Å². The second-order valence-electron chi connectivity index (χ2n) is 2.86. The number of aromatic amines is 1. The number of amides is 1. The molecule has 1 aromatic heterocycles. The maximum atomic E-state index is 11.0. The zero-order chi connectivity index (χ0) is 11.3. The summed E-state index contributed by atoms with van der Waals surface area (Å²) in [6, 6.07) is -0.946. The molecule has 0 bridgehead atoms. The molecular weight excluding hydrogens is 266 g/mol. The highest BCUT2D eigenvalue weighted by molar-refractivity contribution is 9.09. The first-order valence-corrected chi connectivity index (χ1v) is 5.31. The zero-order valence-corrected chi connectivity index (χ0v) is 9.32. The van der Waals surface area contributed by atoms with Gasteiger partial charge in [-0.2, -0.15) is 0 Å². The molecule has 1 amide bonds. The van der Waals surface area contributed by atoms with Crippen molar-refractivity contribution in [3.63, 3.8) is 0 Å². The molecule has 15 heavy (non-hydrogen) atoms. The first kappa shape index (κ1) is 11.7. The number of nitrogens with one attached hydrogen (secondary N) is 2. The molecule has 7 heteroatoms. The Labute approximate surface area is 94.2 Å². The van der Waals surface area contributed by atoms with Crippen LogP contribution in [0, 0.1) is 0 Å². The fourth-order valence-electron chi connectivity index (χ4n) is 1.04. The van der Waals surface area contributed by atoms with Crippen LogP contribution < -0.4 is 5.32 Å². The summed E-state index contributed by atoms with van der Waals surface area (Å²) in [7, 11) is 0. The number of H-pyrrole nitrogens is 1. The molecule has 0 aliphatic rings. The third-order valence-electron chi connectivity index (χ3n) is 1.72. The lowest BCUT2D eigenvalue weighted by Gasteiger charge is -2.11. The Balaban J connectivity index is 2.59. The summed E-state index contributed by atoms with van der Waals surface area (Å²) in [5.41, 5.74) is 0.595. The third-order valence-corrected chi connectivity index (χ3v) is 2.23. The van der Waals surface area contributed by atoms with E-state index in [1.165, 1.54) is 6.33 Å². The second kappa shape index (κ2) is 5.50. The molecule has 0 saturated heterocycles. The van der Waals surface area contributed by atoms with Gasteiger partial charge in [-0.05, 0) is 0 Å². The highest BCUT2D eigenvalue weighted by Gasteiger charge is 2.20. The van der Waals surface area contributed by atoms with Crippen LogP contribution in [-0.4, -0.2) is 38.3 Å². The lowest BCUT2D eigenvalue weighted by Crippen LogP contribution is -2.42. The monoisotopic (exact) mass is 275 g/mol. The lowest BCUT2D eigenvalue weighted by molar-refractivity contribution is -0.141. The number of nitrogens with zero attached hydrogens (tertiary/aromatic N) is 1. The van der Waals surface area contributed by atoms with Gasteiger partial charge < -0.3 is 15.4 Å². The number of aliphatic carboxylic acids is 1. The molecule has 0 fully saturated rings. The lowest BCUT2D eigenvalue weighted by atomic mass is 10.1. The van der Waals surface area contributed by atoms with Gasteiger partial charge in [0.2, 0.25) is 5.91 Å². The van der Waals surface area contributed by atoms with Crippen LogP contribution in [0.15, 0.2) is 12.5 Å². The first-order valence-electron chi connectivity index (χ1n) is 4.19. The van der Waals surface area contributed by atoms with Crippen molar-refractivity contribution in [2.45, 2.75) is 12.5 Å². The van der Waals surface area contributed by atoms with E-state index in [4.69, 9.17) is 5.11 Å². The molecule has 0 aromatic carbocycles. The summed E-state index contributed by atoms with van der Waals surface area (Å²) in [5, 5.41) is 11.3. The molecule has 0 radical (unpaired) electrons. The van der Waals surface area contributed by atoms with Crippen LogP contribution in [-0.2, 0) is 16.0 Å². The van der Waals surface area contributed by atoms with Crippen molar-refractivity contribution in [3.8, 4) is 0 Å². The van der Waals surface area contributed by atoms with Crippen LogP contribution in [0.4, 0.5) is 0 Å². The van der Waals surface area contributed by atoms with Crippen molar-refractivity contribution < 1.29 is 14.7 Å². The summed E-state index contributed by atoms with van der Waals surface area (Å²) in [5.74, 6) is -1.44. The SMILES string of the molecule is O=C(CBr)NC(Cc1c[nH]cn1)C(=O)O. The fraction of sp³-hybridized carbons (Fsp3) is 0.375. The molecule has 6 nitrogen and oxygen atoms in total. The zero-order valence-electron chi connectivity index (χ0n) is 7.74. The molecule has 1 atom stereocenters. The predicted octanol–water partition coefficient (Wildman–Crippen LogP) is -0.0835. The van der Waals surface area contributed by atoms with Crippen molar-refractivity contribution in [3.05, 3.63) is 18.2 Å². The van der Waals surface area contributed by atoms with E-state index in [1.807, 2.05) is 0 Å². The minimum absolute atomic E-state index is 0.0807. The molecular formula is C8H10BrN3O3. The summed E-state index contributed by atoms with van der Waals surface area (Å²) in [4.78, 5) is 28.4. The molecule has 0 spiro atoms. The highest BCUT2D eigenvalue weighted by atomic mass is 79.9. The van der Waals surface area contributed by atoms with Gasteiger partial charge in [-0.15, -0.1) is 0 Å². The van der Waals surface area contributed by atoms with Crippen LogP contribution in [0.3, 0.4) is 0 Å². The highest BCUT2D eigenvalue weighted by Crippen LogP contribution is 1.99. The molecule has 0 saturated carbocycles. The number of hydrogen-bond acceptors (Lipinski definition) is 3. The van der Waals surface area contributed by atoms with E-state index in [1.54, 1.807) is 6.20 Å². The molecule has 82 valence electrons. The van der Waals surface area contributed by atoms with Crippen LogP contribution in [0.25, 0.3) is 0 Å². The number of carbonyl (C=O) groups is 2. The van der Waals surface area contributed by atoms with Crippen LogP contribution in [0.1, 0.15) is 5.69 Å². The largest absolute Gasteiger partial charge is 0.480 e. The number of carboxylic acid groups (broad SMARTS) is 1. The summed E-state index contributed by atoms with van der Waals surface area (Å²) < 4.78 is 0. The number of hydrogen-bond donors (Lipinski definition) is 3. The van der Waals surface area contributed by atoms with E-state index in [2.05, 4.69) is 31.2 Å². The first-order chi connectivity index (χ1) is 7.13. The van der Waals surface area contributed by atoms with E-state index in [0.717, 1.165) is 0 Å². The van der Waals surface area contributed by atoms with Gasteiger partial charge in [-0.25, -0.2) is 9.78 Å². The molecule has 0 aliphatic carbocycles. The van der Waals surface area contributed by atoms with E-state index in [9.17, 15) is 9.59 Å². The van der Waals surface area contributed by atoms with Crippen LogP contribution >= 0.6 is 15.9 Å². The topological polar surface area (TPSA) is 95.1 Å². The normalized spacial score (nSPS) is 12.1. The Morgan fingerprint density at radius 2 is 2.40 bits per heavy atom. The quantitative estimate of drug-likeness (QED) is 0.655. The van der Waals surface area contributed by atoms with Gasteiger partial charge in [-0.3, -0.25) is 4.79 Å². The van der Waals surface area contributed by atoms with E-state index in [0.29, 0.717) is 5.69 Å². The average Bonchev–Trinajstić information content (AvgIpc) is 2.69. The summed E-state index contributed by atoms with van der Waals surface area (Å²) >= 11 is 2.94. The van der Waals surface area contributed by atoms with Gasteiger partial charge in [0, 0.05) is 12.6 Å². The standard InChI is InChI=1S/C8H10BrN3O3/c9-2-7(13)12-6(8(14)15)1-5-3-10-4-11-5/h3-4,6H,1-2H2,(H,10,11)(H,12,13)(H,14,15). The van der Waals surface area contributed by atoms with Gasteiger partial charge in [0.05, 0.1) is 17.4 Å². The molecule has 3 N–H and O–H groups in total. The van der Waals surface area contributed by atoms with Crippen molar-refractivity contribution in [2.75, 3.05) is 5.33 Å². The van der Waals surface area contributed by atoms with E-state index >= 15 is 0 Å². The van der Waals surface area contributed by atoms with Crippen molar-refractivity contribution in [1.82, 2.24) is 15.3 Å². The number of rotatable bonds is 5. The van der Waals surface area contributed by atoms with Crippen molar-refractivity contribution in [1.29, 1.82) is 0 Å². The number of carbonyl (C=O) groups excluding carboxylic acids is 1. The Morgan fingerprint density at radius 1 is 1.67 bits per heavy atom. The predicted molar refractivity (Wildman–Crippen MR) is 55.7 cm³/mol. The van der Waals surface area contributed by atoms with Crippen molar-refractivity contribution in [2.24, 2.45) is 0 Å².